The van der Waals surface area contributed by atoms with Gasteiger partial charge in [-0.1, -0.05) is 19.1 Å². The lowest BCUT2D eigenvalue weighted by Crippen LogP contribution is -2.13. The molecule has 1 aromatic carbocycles. The summed E-state index contributed by atoms with van der Waals surface area (Å²) in [4.78, 5) is 15.5. The lowest BCUT2D eigenvalue weighted by atomic mass is 10.0. The number of hydrogen-bond acceptors (Lipinski definition) is 4. The number of rotatable bonds is 6. The molecule has 24 heavy (non-hydrogen) atoms. The van der Waals surface area contributed by atoms with Gasteiger partial charge in [0, 0.05) is 18.0 Å². The maximum atomic E-state index is 11.1. The van der Waals surface area contributed by atoms with Crippen molar-refractivity contribution in [3.63, 3.8) is 0 Å². The zero-order valence-electron chi connectivity index (χ0n) is 13.6. The molecule has 3 aromatic rings. The van der Waals surface area contributed by atoms with Crippen molar-refractivity contribution in [1.82, 2.24) is 14.8 Å². The molecule has 0 saturated heterocycles. The van der Waals surface area contributed by atoms with Crippen LogP contribution in [0.25, 0.3) is 11.0 Å². The molecule has 0 spiro atoms. The topological polar surface area (TPSA) is 77.2 Å². The molecule has 0 bridgehead atoms. The third-order valence-corrected chi connectivity index (χ3v) is 4.00. The van der Waals surface area contributed by atoms with Crippen LogP contribution in [-0.4, -0.2) is 33.0 Å². The van der Waals surface area contributed by atoms with Crippen molar-refractivity contribution in [2.45, 2.75) is 19.9 Å². The Morgan fingerprint density at radius 2 is 2.04 bits per heavy atom. The van der Waals surface area contributed by atoms with Gasteiger partial charge in [-0.05, 0) is 29.8 Å². The Morgan fingerprint density at radius 1 is 1.29 bits per heavy atom. The third-order valence-electron chi connectivity index (χ3n) is 4.00. The normalized spacial score (nSPS) is 12.2. The molecule has 6 heteroatoms. The Kier molecular flexibility index (Phi) is 4.46. The fourth-order valence-corrected chi connectivity index (χ4v) is 2.62. The second-order valence-electron chi connectivity index (χ2n) is 5.77. The van der Waals surface area contributed by atoms with Crippen molar-refractivity contribution < 1.29 is 14.6 Å². The summed E-state index contributed by atoms with van der Waals surface area (Å²) in [6.07, 6.45) is 2.10. The van der Waals surface area contributed by atoms with E-state index in [2.05, 4.69) is 10.1 Å². The van der Waals surface area contributed by atoms with Gasteiger partial charge in [0.1, 0.15) is 5.75 Å². The first kappa shape index (κ1) is 16.0. The SMILES string of the molecule is COc1ccc(Cn2nc(CC(C)C(=O)O)c3cccnc32)cc1. The molecule has 0 aliphatic rings. The van der Waals surface area contributed by atoms with Crippen LogP contribution < -0.4 is 4.74 Å². The number of aliphatic carboxylic acids is 1. The van der Waals surface area contributed by atoms with Crippen molar-refractivity contribution in [2.75, 3.05) is 7.11 Å². The molecule has 1 unspecified atom stereocenters. The first-order valence-electron chi connectivity index (χ1n) is 7.74. The van der Waals surface area contributed by atoms with Crippen molar-refractivity contribution in [3.05, 3.63) is 53.9 Å². The molecule has 2 aromatic heterocycles. The molecule has 0 fully saturated rings. The number of carboxylic acids is 1. The molecule has 0 saturated carbocycles. The fraction of sp³-hybridized carbons (Fsp3) is 0.278. The van der Waals surface area contributed by atoms with Gasteiger partial charge in [0.25, 0.3) is 0 Å². The van der Waals surface area contributed by atoms with E-state index in [0.717, 1.165) is 28.0 Å². The first-order chi connectivity index (χ1) is 11.6. The van der Waals surface area contributed by atoms with Crippen LogP contribution in [-0.2, 0) is 17.8 Å². The summed E-state index contributed by atoms with van der Waals surface area (Å²) < 4.78 is 6.99. The highest BCUT2D eigenvalue weighted by Gasteiger charge is 2.18. The van der Waals surface area contributed by atoms with E-state index in [1.54, 1.807) is 20.2 Å². The third kappa shape index (κ3) is 3.22. The van der Waals surface area contributed by atoms with Crippen molar-refractivity contribution in [3.8, 4) is 5.75 Å². The number of methoxy groups -OCH3 is 1. The molecule has 6 nitrogen and oxygen atoms in total. The number of carboxylic acid groups (broad SMARTS) is 1. The van der Waals surface area contributed by atoms with Gasteiger partial charge in [-0.3, -0.25) is 4.79 Å². The molecule has 2 heterocycles. The quantitative estimate of drug-likeness (QED) is 0.754. The average molecular weight is 325 g/mol. The molecule has 3 rings (SSSR count). The van der Waals surface area contributed by atoms with Crippen molar-refractivity contribution >= 4 is 17.0 Å². The van der Waals surface area contributed by atoms with Crippen LogP contribution in [0.15, 0.2) is 42.6 Å². The van der Waals surface area contributed by atoms with E-state index in [-0.39, 0.29) is 0 Å². The molecule has 0 aliphatic heterocycles. The van der Waals surface area contributed by atoms with E-state index >= 15 is 0 Å². The smallest absolute Gasteiger partial charge is 0.306 e. The van der Waals surface area contributed by atoms with Gasteiger partial charge in [-0.25, -0.2) is 9.67 Å². The van der Waals surface area contributed by atoms with E-state index in [9.17, 15) is 4.79 Å². The number of fused-ring (bicyclic) bond motifs is 1. The summed E-state index contributed by atoms with van der Waals surface area (Å²) >= 11 is 0. The highest BCUT2D eigenvalue weighted by atomic mass is 16.5. The van der Waals surface area contributed by atoms with Crippen LogP contribution in [0.1, 0.15) is 18.2 Å². The number of carbonyl (C=O) groups is 1. The van der Waals surface area contributed by atoms with Gasteiger partial charge in [-0.15, -0.1) is 0 Å². The standard InChI is InChI=1S/C18H19N3O3/c1-12(18(22)23)10-16-15-4-3-9-19-17(15)21(20-16)11-13-5-7-14(24-2)8-6-13/h3-9,12H,10-11H2,1-2H3,(H,22,23). The maximum absolute atomic E-state index is 11.1. The van der Waals surface area contributed by atoms with Crippen LogP contribution in [0, 0.1) is 5.92 Å². The van der Waals surface area contributed by atoms with E-state index in [1.165, 1.54) is 0 Å². The van der Waals surface area contributed by atoms with Crippen molar-refractivity contribution in [1.29, 1.82) is 0 Å². The fourth-order valence-electron chi connectivity index (χ4n) is 2.62. The number of benzene rings is 1. The monoisotopic (exact) mass is 325 g/mol. The summed E-state index contributed by atoms with van der Waals surface area (Å²) in [6.45, 7) is 2.26. The molecule has 0 amide bonds. The molecule has 0 radical (unpaired) electrons. The Balaban J connectivity index is 1.93. The second kappa shape index (κ2) is 6.70. The Bertz CT molecular complexity index is 856. The Morgan fingerprint density at radius 3 is 2.71 bits per heavy atom. The lowest BCUT2D eigenvalue weighted by molar-refractivity contribution is -0.141. The van der Waals surface area contributed by atoms with E-state index < -0.39 is 11.9 Å². The molecule has 124 valence electrons. The minimum absolute atomic E-state index is 0.382. The predicted octanol–water partition coefficient (Wildman–Crippen LogP) is 2.75. The van der Waals surface area contributed by atoms with E-state index in [4.69, 9.17) is 9.84 Å². The van der Waals surface area contributed by atoms with E-state index in [1.807, 2.05) is 41.1 Å². The summed E-state index contributed by atoms with van der Waals surface area (Å²) in [6, 6.07) is 11.5. The average Bonchev–Trinajstić information content (AvgIpc) is 2.93. The number of ether oxygens (including phenoxy) is 1. The summed E-state index contributed by atoms with van der Waals surface area (Å²) in [5.41, 5.74) is 2.60. The van der Waals surface area contributed by atoms with Crippen molar-refractivity contribution in [2.24, 2.45) is 5.92 Å². The van der Waals surface area contributed by atoms with Crippen LogP contribution in [0.5, 0.6) is 5.75 Å². The number of hydrogen-bond donors (Lipinski definition) is 1. The summed E-state index contributed by atoms with van der Waals surface area (Å²) in [5.74, 6) is -0.507. The first-order valence-corrected chi connectivity index (χ1v) is 7.74. The van der Waals surface area contributed by atoms with E-state index in [0.29, 0.717) is 13.0 Å². The Labute approximate surface area is 139 Å². The highest BCUT2D eigenvalue weighted by Crippen LogP contribution is 2.21. The molecule has 1 atom stereocenters. The van der Waals surface area contributed by atoms with Gasteiger partial charge in [-0.2, -0.15) is 5.10 Å². The largest absolute Gasteiger partial charge is 0.497 e. The molecular formula is C18H19N3O3. The predicted molar refractivity (Wildman–Crippen MR) is 90.1 cm³/mol. The zero-order valence-corrected chi connectivity index (χ0v) is 13.6. The van der Waals surface area contributed by atoms with Gasteiger partial charge in [0.05, 0.1) is 25.3 Å². The zero-order chi connectivity index (χ0) is 17.1. The maximum Gasteiger partial charge on any atom is 0.306 e. The number of nitrogens with zero attached hydrogens (tertiary/aromatic N) is 3. The minimum Gasteiger partial charge on any atom is -0.497 e. The minimum atomic E-state index is -0.822. The Hall–Kier alpha value is -2.89. The lowest BCUT2D eigenvalue weighted by Gasteiger charge is -2.05. The van der Waals surface area contributed by atoms with Gasteiger partial charge in [0.2, 0.25) is 0 Å². The highest BCUT2D eigenvalue weighted by molar-refractivity contribution is 5.79. The summed E-state index contributed by atoms with van der Waals surface area (Å²) in [5, 5.41) is 14.7. The number of aromatic nitrogens is 3. The van der Waals surface area contributed by atoms with Gasteiger partial charge >= 0.3 is 5.97 Å². The molecule has 1 N–H and O–H groups in total. The summed E-state index contributed by atoms with van der Waals surface area (Å²) in [7, 11) is 1.63. The van der Waals surface area contributed by atoms with Crippen LogP contribution >= 0.6 is 0 Å². The number of pyridine rings is 1. The van der Waals surface area contributed by atoms with Gasteiger partial charge in [0.15, 0.2) is 5.65 Å². The van der Waals surface area contributed by atoms with Crippen LogP contribution in [0.3, 0.4) is 0 Å². The second-order valence-corrected chi connectivity index (χ2v) is 5.77. The van der Waals surface area contributed by atoms with Crippen LogP contribution in [0.2, 0.25) is 0 Å². The molecule has 0 aliphatic carbocycles. The van der Waals surface area contributed by atoms with Crippen LogP contribution in [0.4, 0.5) is 0 Å². The molecular weight excluding hydrogens is 306 g/mol. The van der Waals surface area contributed by atoms with Gasteiger partial charge < -0.3 is 9.84 Å².